The van der Waals surface area contributed by atoms with E-state index in [2.05, 4.69) is 10.6 Å². The quantitative estimate of drug-likeness (QED) is 0.330. The summed E-state index contributed by atoms with van der Waals surface area (Å²) < 4.78 is 10.3. The second-order valence-electron chi connectivity index (χ2n) is 11.7. The molecule has 4 amide bonds. The Hall–Kier alpha value is -3.63. The summed E-state index contributed by atoms with van der Waals surface area (Å²) >= 11 is 0. The van der Waals surface area contributed by atoms with E-state index in [0.717, 1.165) is 11.1 Å². The third-order valence-corrected chi connectivity index (χ3v) is 5.92. The van der Waals surface area contributed by atoms with E-state index in [9.17, 15) is 24.0 Å². The third kappa shape index (κ3) is 11.2. The van der Waals surface area contributed by atoms with Crippen molar-refractivity contribution >= 4 is 29.8 Å². The highest BCUT2D eigenvalue weighted by molar-refractivity contribution is 5.93. The van der Waals surface area contributed by atoms with E-state index in [-0.39, 0.29) is 32.4 Å². The molecule has 4 N–H and O–H groups in total. The maximum Gasteiger partial charge on any atom is 0.408 e. The minimum Gasteiger partial charge on any atom is -0.466 e. The first-order valence-electron chi connectivity index (χ1n) is 13.5. The van der Waals surface area contributed by atoms with Crippen molar-refractivity contribution in [1.29, 1.82) is 0 Å². The molecule has 1 rings (SSSR count). The fourth-order valence-corrected chi connectivity index (χ4v) is 3.98. The van der Waals surface area contributed by atoms with Crippen LogP contribution in [0.25, 0.3) is 0 Å². The standard InChI is InChI=1S/C29H46N4O7/c1-10-39-23(35)15-16-31-25(36)24(20-12-11-18(2)19(3)17-20)33(28(4,5)6)26(37)21(13-14-22(30)34)32-27(38)40-29(7,8)9/h11-12,17,21,24H,10,13-16H2,1-9H3,(H2,30,34)(H,31,36)(H,32,38). The Bertz CT molecular complexity index is 1070. The van der Waals surface area contributed by atoms with Crippen LogP contribution in [0.15, 0.2) is 18.2 Å². The Balaban J connectivity index is 3.56. The highest BCUT2D eigenvalue weighted by atomic mass is 16.6. The molecule has 0 aliphatic carbocycles. The number of esters is 1. The normalized spacial score (nSPS) is 13.0. The molecule has 1 aromatic rings. The molecule has 0 radical (unpaired) electrons. The van der Waals surface area contributed by atoms with Gasteiger partial charge in [-0.2, -0.15) is 0 Å². The molecule has 11 nitrogen and oxygen atoms in total. The number of primary amides is 1. The fraction of sp³-hybridized carbons (Fsp3) is 0.621. The number of nitrogens with zero attached hydrogens (tertiary/aromatic N) is 1. The van der Waals surface area contributed by atoms with Crippen LogP contribution in [0.1, 0.15) is 90.5 Å². The summed E-state index contributed by atoms with van der Waals surface area (Å²) in [6.07, 6.45) is -1.15. The van der Waals surface area contributed by atoms with Crippen LogP contribution in [-0.2, 0) is 28.7 Å². The van der Waals surface area contributed by atoms with Crippen LogP contribution in [0, 0.1) is 13.8 Å². The lowest BCUT2D eigenvalue weighted by Crippen LogP contribution is -2.58. The smallest absolute Gasteiger partial charge is 0.408 e. The minimum absolute atomic E-state index is 0.00639. The van der Waals surface area contributed by atoms with E-state index in [1.165, 1.54) is 4.90 Å². The molecule has 0 aliphatic rings. The van der Waals surface area contributed by atoms with Gasteiger partial charge in [-0.3, -0.25) is 19.2 Å². The number of nitrogens with two attached hydrogens (primary N) is 1. The van der Waals surface area contributed by atoms with Crippen molar-refractivity contribution in [3.05, 3.63) is 34.9 Å². The summed E-state index contributed by atoms with van der Waals surface area (Å²) in [5.74, 6) is -2.21. The Morgan fingerprint density at radius 1 is 0.975 bits per heavy atom. The summed E-state index contributed by atoms with van der Waals surface area (Å²) in [7, 11) is 0. The van der Waals surface area contributed by atoms with Crippen LogP contribution in [0.5, 0.6) is 0 Å². The van der Waals surface area contributed by atoms with Gasteiger partial charge in [0.25, 0.3) is 0 Å². The van der Waals surface area contributed by atoms with Gasteiger partial charge in [0.1, 0.15) is 17.7 Å². The predicted molar refractivity (Wildman–Crippen MR) is 151 cm³/mol. The van der Waals surface area contributed by atoms with E-state index < -0.39 is 53.0 Å². The zero-order valence-corrected chi connectivity index (χ0v) is 25.3. The lowest BCUT2D eigenvalue weighted by molar-refractivity contribution is -0.149. The molecule has 2 unspecified atom stereocenters. The zero-order chi connectivity index (χ0) is 30.8. The van der Waals surface area contributed by atoms with Crippen LogP contribution in [0.3, 0.4) is 0 Å². The van der Waals surface area contributed by atoms with E-state index in [0.29, 0.717) is 5.56 Å². The maximum atomic E-state index is 14.2. The molecule has 2 atom stereocenters. The fourth-order valence-electron chi connectivity index (χ4n) is 3.98. The summed E-state index contributed by atoms with van der Waals surface area (Å²) in [6.45, 7) is 16.1. The van der Waals surface area contributed by atoms with Gasteiger partial charge in [0.2, 0.25) is 17.7 Å². The molecule has 0 spiro atoms. The highest BCUT2D eigenvalue weighted by Crippen LogP contribution is 2.31. The van der Waals surface area contributed by atoms with Crippen molar-refractivity contribution in [2.45, 2.75) is 105 Å². The monoisotopic (exact) mass is 562 g/mol. The topological polar surface area (TPSA) is 157 Å². The lowest BCUT2D eigenvalue weighted by atomic mass is 9.93. The van der Waals surface area contributed by atoms with Gasteiger partial charge in [-0.1, -0.05) is 18.2 Å². The summed E-state index contributed by atoms with van der Waals surface area (Å²) in [6, 6.07) is 3.13. The molecular formula is C29H46N4O7. The Labute approximate surface area is 237 Å². The first-order chi connectivity index (χ1) is 18.4. The second kappa shape index (κ2) is 14.7. The molecular weight excluding hydrogens is 516 g/mol. The summed E-state index contributed by atoms with van der Waals surface area (Å²) in [5, 5.41) is 5.32. The molecule has 11 heteroatoms. The molecule has 0 heterocycles. The number of benzene rings is 1. The number of hydrogen-bond donors (Lipinski definition) is 3. The molecule has 0 saturated carbocycles. The Morgan fingerprint density at radius 3 is 2.10 bits per heavy atom. The summed E-state index contributed by atoms with van der Waals surface area (Å²) in [5.41, 5.74) is 6.08. The number of alkyl carbamates (subject to hydrolysis) is 1. The van der Waals surface area contributed by atoms with E-state index in [4.69, 9.17) is 15.2 Å². The van der Waals surface area contributed by atoms with Gasteiger partial charge in [0, 0.05) is 18.5 Å². The highest BCUT2D eigenvalue weighted by Gasteiger charge is 2.42. The number of nitrogens with one attached hydrogen (secondary N) is 2. The number of hydrogen-bond acceptors (Lipinski definition) is 7. The second-order valence-corrected chi connectivity index (χ2v) is 11.7. The SMILES string of the molecule is CCOC(=O)CCNC(=O)C(c1ccc(C)c(C)c1)N(C(=O)C(CCC(N)=O)NC(=O)OC(C)(C)C)C(C)(C)C. The Morgan fingerprint density at radius 2 is 1.60 bits per heavy atom. The van der Waals surface area contributed by atoms with Crippen LogP contribution in [-0.4, -0.2) is 65.0 Å². The van der Waals surface area contributed by atoms with Crippen LogP contribution >= 0.6 is 0 Å². The van der Waals surface area contributed by atoms with Crippen LogP contribution in [0.2, 0.25) is 0 Å². The number of carbonyl (C=O) groups is 5. The van der Waals surface area contributed by atoms with Crippen molar-refractivity contribution in [2.75, 3.05) is 13.2 Å². The lowest BCUT2D eigenvalue weighted by Gasteiger charge is -2.43. The van der Waals surface area contributed by atoms with Gasteiger partial charge in [0.05, 0.1) is 13.0 Å². The molecule has 1 aromatic carbocycles. The molecule has 0 fully saturated rings. The predicted octanol–water partition coefficient (Wildman–Crippen LogP) is 3.20. The van der Waals surface area contributed by atoms with E-state index >= 15 is 0 Å². The molecule has 0 bridgehead atoms. The van der Waals surface area contributed by atoms with Gasteiger partial charge in [0.15, 0.2) is 0 Å². The van der Waals surface area contributed by atoms with Crippen LogP contribution < -0.4 is 16.4 Å². The molecule has 0 saturated heterocycles. The Kier molecular flexibility index (Phi) is 12.6. The molecule has 224 valence electrons. The summed E-state index contributed by atoms with van der Waals surface area (Å²) in [4.78, 5) is 65.4. The number of aryl methyl sites for hydroxylation is 2. The van der Waals surface area contributed by atoms with Gasteiger partial charge in [-0.05, 0) is 85.4 Å². The molecule has 0 aromatic heterocycles. The molecule has 40 heavy (non-hydrogen) atoms. The average molecular weight is 563 g/mol. The first-order valence-corrected chi connectivity index (χ1v) is 13.5. The maximum absolute atomic E-state index is 14.2. The van der Waals surface area contributed by atoms with Crippen LogP contribution in [0.4, 0.5) is 4.79 Å². The van der Waals surface area contributed by atoms with Crippen molar-refractivity contribution in [3.63, 3.8) is 0 Å². The van der Waals surface area contributed by atoms with Crippen molar-refractivity contribution in [3.8, 4) is 0 Å². The van der Waals surface area contributed by atoms with Crippen molar-refractivity contribution in [1.82, 2.24) is 15.5 Å². The van der Waals surface area contributed by atoms with Crippen molar-refractivity contribution < 1.29 is 33.4 Å². The van der Waals surface area contributed by atoms with E-state index in [1.54, 1.807) is 54.5 Å². The number of ether oxygens (including phenoxy) is 2. The first kappa shape index (κ1) is 34.4. The number of carbonyl (C=O) groups excluding carboxylic acids is 5. The minimum atomic E-state index is -1.21. The third-order valence-electron chi connectivity index (χ3n) is 5.92. The van der Waals surface area contributed by atoms with Crippen molar-refractivity contribution in [2.24, 2.45) is 5.73 Å². The number of rotatable bonds is 12. The van der Waals surface area contributed by atoms with Gasteiger partial charge in [-0.25, -0.2) is 4.79 Å². The largest absolute Gasteiger partial charge is 0.466 e. The average Bonchev–Trinajstić information content (AvgIpc) is 2.79. The number of amides is 4. The van der Waals surface area contributed by atoms with E-state index in [1.807, 2.05) is 26.0 Å². The van der Waals surface area contributed by atoms with Gasteiger partial charge in [-0.15, -0.1) is 0 Å². The van der Waals surface area contributed by atoms with Gasteiger partial charge >= 0.3 is 12.1 Å². The van der Waals surface area contributed by atoms with Gasteiger partial charge < -0.3 is 30.7 Å². The zero-order valence-electron chi connectivity index (χ0n) is 25.3. The molecule has 0 aliphatic heterocycles.